The first-order valence-corrected chi connectivity index (χ1v) is 8.31. The molecule has 0 bridgehead atoms. The SMILES string of the molecule is Sc1[c]([Hf+3])ccc(C2=CC=CC2)c1C1=CC=CC1.[Cl-].[Cl-].[Cl-]. The molecule has 2 aliphatic carbocycles. The van der Waals surface area contributed by atoms with Gasteiger partial charge in [-0.3, -0.25) is 0 Å². The minimum atomic E-state index is 0. The predicted octanol–water partition coefficient (Wildman–Crippen LogP) is -5.15. The van der Waals surface area contributed by atoms with E-state index in [-0.39, 0.29) is 37.2 Å². The summed E-state index contributed by atoms with van der Waals surface area (Å²) in [5.41, 5.74) is 5.53. The van der Waals surface area contributed by atoms with E-state index < -0.39 is 0 Å². The fourth-order valence-electron chi connectivity index (χ4n) is 2.46. The van der Waals surface area contributed by atoms with E-state index >= 15 is 0 Å². The monoisotopic (exact) mass is 522 g/mol. The molecule has 0 heterocycles. The Hall–Kier alpha value is 0.270. The van der Waals surface area contributed by atoms with Crippen LogP contribution < -0.4 is 40.5 Å². The Bertz CT molecular complexity index is 631. The largest absolute Gasteiger partial charge is 1.00 e. The van der Waals surface area contributed by atoms with Crippen molar-refractivity contribution in [2.45, 2.75) is 17.7 Å². The molecule has 0 nitrogen and oxygen atoms in total. The van der Waals surface area contributed by atoms with Crippen LogP contribution in [0.4, 0.5) is 0 Å². The molecule has 0 aromatic heterocycles. The summed E-state index contributed by atoms with van der Waals surface area (Å²) < 4.78 is 1.39. The van der Waals surface area contributed by atoms with Crippen LogP contribution >= 0.6 is 12.6 Å². The van der Waals surface area contributed by atoms with Gasteiger partial charge >= 0.3 is 129 Å². The van der Waals surface area contributed by atoms with Gasteiger partial charge in [-0.15, -0.1) is 0 Å². The molecule has 0 fully saturated rings. The van der Waals surface area contributed by atoms with E-state index in [0.29, 0.717) is 0 Å². The first-order valence-electron chi connectivity index (χ1n) is 6.07. The van der Waals surface area contributed by atoms with Crippen LogP contribution in [-0.4, -0.2) is 0 Å². The Morgan fingerprint density at radius 2 is 1.43 bits per heavy atom. The molecule has 0 saturated carbocycles. The minimum absolute atomic E-state index is 0. The van der Waals surface area contributed by atoms with Crippen LogP contribution in [0.2, 0.25) is 0 Å². The van der Waals surface area contributed by atoms with Gasteiger partial charge in [0.15, 0.2) is 0 Å². The van der Waals surface area contributed by atoms with Gasteiger partial charge in [-0.2, -0.15) is 0 Å². The molecule has 0 N–H and O–H groups in total. The van der Waals surface area contributed by atoms with Crippen molar-refractivity contribution in [3.8, 4) is 0 Å². The maximum Gasteiger partial charge on any atom is -1.00 e. The smallest absolute Gasteiger partial charge is 1.00 e. The Kier molecular flexibility index (Phi) is 9.54. The maximum absolute atomic E-state index is 4.77. The molecule has 3 rings (SSSR count). The average Bonchev–Trinajstić information content (AvgIpc) is 3.03. The van der Waals surface area contributed by atoms with E-state index in [1.54, 1.807) is 0 Å². The van der Waals surface area contributed by atoms with Gasteiger partial charge in [0, 0.05) is 0 Å². The Morgan fingerprint density at radius 3 is 1.95 bits per heavy atom. The summed E-state index contributed by atoms with van der Waals surface area (Å²) in [6.45, 7) is 0. The van der Waals surface area contributed by atoms with Gasteiger partial charge in [-0.05, 0) is 0 Å². The maximum atomic E-state index is 4.77. The van der Waals surface area contributed by atoms with Gasteiger partial charge < -0.3 is 37.2 Å². The van der Waals surface area contributed by atoms with Gasteiger partial charge in [0.25, 0.3) is 0 Å². The topological polar surface area (TPSA) is 0 Å². The van der Waals surface area contributed by atoms with Crippen molar-refractivity contribution in [2.24, 2.45) is 0 Å². The zero-order valence-corrected chi connectivity index (χ0v) is 17.9. The van der Waals surface area contributed by atoms with Crippen LogP contribution in [0.1, 0.15) is 24.0 Å². The van der Waals surface area contributed by atoms with Crippen molar-refractivity contribution in [3.05, 3.63) is 59.7 Å². The van der Waals surface area contributed by atoms with Crippen molar-refractivity contribution >= 4 is 27.1 Å². The van der Waals surface area contributed by atoms with Gasteiger partial charge in [-0.25, -0.2) is 0 Å². The average molecular weight is 522 g/mol. The van der Waals surface area contributed by atoms with Gasteiger partial charge in [0.05, 0.1) is 0 Å². The quantitative estimate of drug-likeness (QED) is 0.292. The van der Waals surface area contributed by atoms with Crippen molar-refractivity contribution in [2.75, 3.05) is 0 Å². The van der Waals surface area contributed by atoms with Crippen LogP contribution in [0.3, 0.4) is 0 Å². The summed E-state index contributed by atoms with van der Waals surface area (Å²) in [7, 11) is 0. The molecule has 2 aliphatic rings. The first kappa shape index (κ1) is 21.3. The van der Waals surface area contributed by atoms with E-state index in [1.165, 1.54) is 30.5 Å². The van der Waals surface area contributed by atoms with Crippen molar-refractivity contribution in [1.29, 1.82) is 0 Å². The second-order valence-electron chi connectivity index (χ2n) is 4.53. The van der Waals surface area contributed by atoms with E-state index in [1.807, 2.05) is 0 Å². The van der Waals surface area contributed by atoms with E-state index in [9.17, 15) is 0 Å². The summed E-state index contributed by atoms with van der Waals surface area (Å²) in [6, 6.07) is 4.50. The Labute approximate surface area is 165 Å². The molecule has 1 aromatic rings. The second-order valence-corrected chi connectivity index (χ2v) is 6.92. The number of rotatable bonds is 2. The molecule has 0 spiro atoms. The van der Waals surface area contributed by atoms with Crippen LogP contribution in [0, 0.1) is 0 Å². The molecule has 0 unspecified atom stereocenters. The van der Waals surface area contributed by atoms with Crippen LogP contribution in [0.15, 0.2) is 53.5 Å². The van der Waals surface area contributed by atoms with Gasteiger partial charge in [-0.1, -0.05) is 0 Å². The van der Waals surface area contributed by atoms with Crippen molar-refractivity contribution in [3.63, 3.8) is 0 Å². The molecule has 0 amide bonds. The summed E-state index contributed by atoms with van der Waals surface area (Å²) >= 11 is 5.82. The third-order valence-electron chi connectivity index (χ3n) is 3.39. The van der Waals surface area contributed by atoms with E-state index in [2.05, 4.69) is 48.6 Å². The molecule has 1 aromatic carbocycles. The summed E-state index contributed by atoms with van der Waals surface area (Å²) in [5.74, 6) is 0. The second kappa shape index (κ2) is 9.42. The summed E-state index contributed by atoms with van der Waals surface area (Å²) in [6.07, 6.45) is 15.2. The molecular weight excluding hydrogens is 509 g/mol. The van der Waals surface area contributed by atoms with E-state index in [0.717, 1.165) is 37.2 Å². The number of benzene rings is 1. The zero-order valence-electron chi connectivity index (χ0n) is 11.1. The standard InChI is InChI=1S/C16H13S.3ClH.Hf/c17-15-11-5-10-14(12-6-1-2-7-12)16(15)13-8-3-4-9-13;;;;/h1-6,8,10,17H,7,9H2;3*1H;/q;;;;+3/p-3. The molecule has 5 heteroatoms. The van der Waals surface area contributed by atoms with Crippen molar-refractivity contribution in [1.82, 2.24) is 0 Å². The molecule has 0 radical (unpaired) electrons. The molecular formula is C16H13Cl3HfS. The molecule has 21 heavy (non-hydrogen) atoms. The van der Waals surface area contributed by atoms with Crippen LogP contribution in [0.5, 0.6) is 0 Å². The predicted molar refractivity (Wildman–Crippen MR) is 76.8 cm³/mol. The number of hydrogen-bond donors (Lipinski definition) is 1. The molecule has 0 atom stereocenters. The van der Waals surface area contributed by atoms with Gasteiger partial charge in [0.2, 0.25) is 0 Å². The van der Waals surface area contributed by atoms with E-state index in [4.69, 9.17) is 12.6 Å². The number of halogens is 3. The number of allylic oxidation sites excluding steroid dienone is 8. The Balaban J connectivity index is 0.00000133. The van der Waals surface area contributed by atoms with Crippen molar-refractivity contribution < 1.29 is 61.6 Å². The molecule has 0 saturated heterocycles. The van der Waals surface area contributed by atoms with Crippen LogP contribution in [-0.2, 0) is 24.4 Å². The number of thiol groups is 1. The van der Waals surface area contributed by atoms with Crippen LogP contribution in [0.25, 0.3) is 11.1 Å². The fraction of sp³-hybridized carbons (Fsp3) is 0.125. The van der Waals surface area contributed by atoms with Gasteiger partial charge in [0.1, 0.15) is 0 Å². The normalized spacial score (nSPS) is 14.8. The molecule has 0 aliphatic heterocycles. The zero-order chi connectivity index (χ0) is 12.5. The Morgan fingerprint density at radius 1 is 0.857 bits per heavy atom. The number of hydrogen-bond acceptors (Lipinski definition) is 1. The first-order chi connectivity index (χ1) is 8.77. The fourth-order valence-corrected chi connectivity index (χ4v) is 3.55. The molecule has 108 valence electrons. The third kappa shape index (κ3) is 4.39. The summed E-state index contributed by atoms with van der Waals surface area (Å²) in [5, 5.41) is 0. The third-order valence-corrected chi connectivity index (χ3v) is 6.10. The minimum Gasteiger partial charge on any atom is -1.00 e. The summed E-state index contributed by atoms with van der Waals surface area (Å²) in [4.78, 5) is 1.18.